The van der Waals surface area contributed by atoms with E-state index in [1.807, 2.05) is 0 Å². The van der Waals surface area contributed by atoms with Crippen molar-refractivity contribution in [1.29, 1.82) is 0 Å². The van der Waals surface area contributed by atoms with Crippen molar-refractivity contribution in [1.82, 2.24) is 10.3 Å². The third-order valence-electron chi connectivity index (χ3n) is 3.12. The summed E-state index contributed by atoms with van der Waals surface area (Å²) in [7, 11) is 1.44. The summed E-state index contributed by atoms with van der Waals surface area (Å²) in [5.41, 5.74) is 5.89. The van der Waals surface area contributed by atoms with Gasteiger partial charge < -0.3 is 20.5 Å². The molecule has 7 heteroatoms. The summed E-state index contributed by atoms with van der Waals surface area (Å²) in [5, 5.41) is 2.64. The number of nitrogens with zero attached hydrogens (tertiary/aromatic N) is 1. The third-order valence-corrected chi connectivity index (χ3v) is 3.12. The highest BCUT2D eigenvalue weighted by Gasteiger charge is 2.11. The van der Waals surface area contributed by atoms with Crippen molar-refractivity contribution < 1.29 is 19.1 Å². The van der Waals surface area contributed by atoms with Crippen LogP contribution in [-0.4, -0.2) is 37.1 Å². The van der Waals surface area contributed by atoms with E-state index in [1.165, 1.54) is 13.3 Å². The molecule has 0 saturated carbocycles. The molecule has 1 aromatic heterocycles. The molecule has 0 aliphatic rings. The summed E-state index contributed by atoms with van der Waals surface area (Å²) in [5.74, 6) is 5.22. The van der Waals surface area contributed by atoms with Gasteiger partial charge in [-0.3, -0.25) is 9.59 Å². The van der Waals surface area contributed by atoms with Gasteiger partial charge in [-0.15, -0.1) is 0 Å². The summed E-state index contributed by atoms with van der Waals surface area (Å²) >= 11 is 0. The second-order valence-corrected chi connectivity index (χ2v) is 4.75. The number of carbonyl (C=O) groups excluding carboxylic acids is 2. The van der Waals surface area contributed by atoms with Crippen LogP contribution in [0.2, 0.25) is 0 Å². The molecular formula is C18H17N3O4. The smallest absolute Gasteiger partial charge is 0.257 e. The highest BCUT2D eigenvalue weighted by Crippen LogP contribution is 2.16. The Bertz CT molecular complexity index is 824. The molecule has 0 aliphatic carbocycles. The minimum absolute atomic E-state index is 0.0659. The number of para-hydroxylation sites is 1. The lowest BCUT2D eigenvalue weighted by Crippen LogP contribution is -2.24. The average molecular weight is 339 g/mol. The molecule has 0 unspecified atom stereocenters. The van der Waals surface area contributed by atoms with E-state index in [0.717, 1.165) is 0 Å². The zero-order chi connectivity index (χ0) is 18.1. The zero-order valence-electron chi connectivity index (χ0n) is 13.6. The molecule has 0 atom stereocenters. The molecule has 2 rings (SSSR count). The SMILES string of the molecule is COc1ncccc1C(=O)NCC#CCOc1ccccc1C(N)=O. The Morgan fingerprint density at radius 1 is 1.16 bits per heavy atom. The number of hydrogen-bond donors (Lipinski definition) is 2. The number of methoxy groups -OCH3 is 1. The van der Waals surface area contributed by atoms with E-state index in [2.05, 4.69) is 22.1 Å². The molecule has 0 bridgehead atoms. The molecule has 3 N–H and O–H groups in total. The molecule has 128 valence electrons. The van der Waals surface area contributed by atoms with E-state index in [0.29, 0.717) is 16.9 Å². The summed E-state index contributed by atoms with van der Waals surface area (Å²) < 4.78 is 10.4. The van der Waals surface area contributed by atoms with Gasteiger partial charge >= 0.3 is 0 Å². The van der Waals surface area contributed by atoms with E-state index in [4.69, 9.17) is 15.2 Å². The van der Waals surface area contributed by atoms with Crippen LogP contribution in [0.5, 0.6) is 11.6 Å². The third kappa shape index (κ3) is 4.97. The molecule has 1 aromatic carbocycles. The number of benzene rings is 1. The van der Waals surface area contributed by atoms with Crippen LogP contribution in [0.15, 0.2) is 42.6 Å². The van der Waals surface area contributed by atoms with Gasteiger partial charge in [-0.2, -0.15) is 0 Å². The minimum Gasteiger partial charge on any atom is -0.480 e. The molecule has 0 spiro atoms. The highest BCUT2D eigenvalue weighted by atomic mass is 16.5. The Balaban J connectivity index is 1.84. The van der Waals surface area contributed by atoms with Crippen molar-refractivity contribution >= 4 is 11.8 Å². The summed E-state index contributed by atoms with van der Waals surface area (Å²) in [6, 6.07) is 9.90. The maximum Gasteiger partial charge on any atom is 0.257 e. The van der Waals surface area contributed by atoms with Gasteiger partial charge in [0, 0.05) is 6.20 Å². The number of rotatable bonds is 6. The van der Waals surface area contributed by atoms with E-state index < -0.39 is 5.91 Å². The standard InChI is InChI=1S/C18H17N3O4/c1-24-18-14(8-6-11-21-18)17(23)20-10-4-5-12-25-15-9-3-2-7-13(15)16(19)22/h2-3,6-9,11H,10,12H2,1H3,(H2,19,22)(H,20,23). The fourth-order valence-electron chi connectivity index (χ4n) is 1.97. The summed E-state index contributed by atoms with van der Waals surface area (Å²) in [4.78, 5) is 27.2. The Kier molecular flexibility index (Phi) is 6.37. The van der Waals surface area contributed by atoms with Gasteiger partial charge in [0.1, 0.15) is 17.9 Å². The Labute approximate surface area is 145 Å². The molecule has 0 radical (unpaired) electrons. The Morgan fingerprint density at radius 3 is 2.68 bits per heavy atom. The first-order chi connectivity index (χ1) is 12.1. The van der Waals surface area contributed by atoms with Gasteiger partial charge in [0.05, 0.1) is 19.2 Å². The van der Waals surface area contributed by atoms with Gasteiger partial charge in [-0.25, -0.2) is 4.98 Å². The second kappa shape index (κ2) is 8.93. The number of hydrogen-bond acceptors (Lipinski definition) is 5. The van der Waals surface area contributed by atoms with Crippen LogP contribution in [0.4, 0.5) is 0 Å². The summed E-state index contributed by atoms with van der Waals surface area (Å²) in [6.45, 7) is 0.202. The van der Waals surface area contributed by atoms with E-state index in [1.54, 1.807) is 36.4 Å². The molecule has 2 aromatic rings. The highest BCUT2D eigenvalue weighted by molar-refractivity contribution is 5.96. The van der Waals surface area contributed by atoms with Crippen LogP contribution in [0.25, 0.3) is 0 Å². The summed E-state index contributed by atoms with van der Waals surface area (Å²) in [6.07, 6.45) is 1.54. The molecule has 25 heavy (non-hydrogen) atoms. The maximum atomic E-state index is 12.0. The molecule has 0 fully saturated rings. The largest absolute Gasteiger partial charge is 0.480 e. The number of nitrogens with two attached hydrogens (primary N) is 1. The lowest BCUT2D eigenvalue weighted by atomic mass is 10.2. The first kappa shape index (κ1) is 17.8. The molecule has 7 nitrogen and oxygen atoms in total. The molecular weight excluding hydrogens is 322 g/mol. The van der Waals surface area contributed by atoms with Crippen LogP contribution in [0, 0.1) is 11.8 Å². The normalized spacial score (nSPS) is 9.48. The first-order valence-corrected chi connectivity index (χ1v) is 7.38. The topological polar surface area (TPSA) is 104 Å². The molecule has 1 heterocycles. The van der Waals surface area contributed by atoms with E-state index in [9.17, 15) is 9.59 Å². The molecule has 2 amide bonds. The second-order valence-electron chi connectivity index (χ2n) is 4.75. The maximum absolute atomic E-state index is 12.0. The number of pyridine rings is 1. The van der Waals surface area contributed by atoms with Crippen molar-refractivity contribution in [3.63, 3.8) is 0 Å². The van der Waals surface area contributed by atoms with Gasteiger partial charge in [0.25, 0.3) is 11.8 Å². The van der Waals surface area contributed by atoms with Crippen molar-refractivity contribution in [2.75, 3.05) is 20.3 Å². The number of nitrogens with one attached hydrogen (secondary N) is 1. The minimum atomic E-state index is -0.568. The Morgan fingerprint density at radius 2 is 1.92 bits per heavy atom. The zero-order valence-corrected chi connectivity index (χ0v) is 13.6. The van der Waals surface area contributed by atoms with Crippen molar-refractivity contribution in [3.05, 3.63) is 53.7 Å². The van der Waals surface area contributed by atoms with Crippen molar-refractivity contribution in [2.45, 2.75) is 0 Å². The number of carbonyl (C=O) groups is 2. The Hall–Kier alpha value is -3.53. The number of amides is 2. The van der Waals surface area contributed by atoms with Crippen molar-refractivity contribution in [3.8, 4) is 23.5 Å². The van der Waals surface area contributed by atoms with E-state index >= 15 is 0 Å². The van der Waals surface area contributed by atoms with Crippen LogP contribution in [0.1, 0.15) is 20.7 Å². The van der Waals surface area contributed by atoms with Crippen LogP contribution >= 0.6 is 0 Å². The van der Waals surface area contributed by atoms with Crippen LogP contribution < -0.4 is 20.5 Å². The first-order valence-electron chi connectivity index (χ1n) is 7.38. The van der Waals surface area contributed by atoms with Crippen LogP contribution in [0.3, 0.4) is 0 Å². The average Bonchev–Trinajstić information content (AvgIpc) is 2.64. The predicted molar refractivity (Wildman–Crippen MR) is 91.4 cm³/mol. The predicted octanol–water partition coefficient (Wildman–Crippen LogP) is 1.00. The lowest BCUT2D eigenvalue weighted by molar-refractivity contribution is 0.0953. The van der Waals surface area contributed by atoms with Crippen LogP contribution in [-0.2, 0) is 0 Å². The quantitative estimate of drug-likeness (QED) is 0.764. The van der Waals surface area contributed by atoms with Gasteiger partial charge in [-0.05, 0) is 24.3 Å². The van der Waals surface area contributed by atoms with Crippen molar-refractivity contribution in [2.24, 2.45) is 5.73 Å². The molecule has 0 saturated heterocycles. The van der Waals surface area contributed by atoms with E-state index in [-0.39, 0.29) is 24.9 Å². The van der Waals surface area contributed by atoms with Gasteiger partial charge in [0.15, 0.2) is 0 Å². The monoisotopic (exact) mass is 339 g/mol. The fourth-order valence-corrected chi connectivity index (χ4v) is 1.97. The fraction of sp³-hybridized carbons (Fsp3) is 0.167. The number of primary amides is 1. The number of ether oxygens (including phenoxy) is 2. The molecule has 0 aliphatic heterocycles. The number of aromatic nitrogens is 1. The van der Waals surface area contributed by atoms with Gasteiger partial charge in [-0.1, -0.05) is 24.0 Å². The lowest BCUT2D eigenvalue weighted by Gasteiger charge is -2.06. The van der Waals surface area contributed by atoms with Gasteiger partial charge in [0.2, 0.25) is 5.88 Å².